The van der Waals surface area contributed by atoms with E-state index >= 15 is 0 Å². The molecular weight excluding hydrogens is 418 g/mol. The highest BCUT2D eigenvalue weighted by Crippen LogP contribution is 2.26. The van der Waals surface area contributed by atoms with Gasteiger partial charge in [-0.25, -0.2) is 9.97 Å². The Morgan fingerprint density at radius 3 is 2.57 bits per heavy atom. The van der Waals surface area contributed by atoms with Crippen molar-refractivity contribution in [3.8, 4) is 0 Å². The molecule has 1 atom stereocenters. The molecule has 3 heterocycles. The molecule has 0 radical (unpaired) electrons. The van der Waals surface area contributed by atoms with Crippen molar-refractivity contribution in [3.63, 3.8) is 0 Å². The number of anilines is 2. The fourth-order valence-corrected chi connectivity index (χ4v) is 4.48. The van der Waals surface area contributed by atoms with Crippen LogP contribution in [0.1, 0.15) is 19.3 Å². The Bertz CT molecular complexity index is 794. The third kappa shape index (κ3) is 4.63. The van der Waals surface area contributed by atoms with Gasteiger partial charge in [0.1, 0.15) is 0 Å². The maximum atomic E-state index is 12.6. The number of nitrogens with zero attached hydrogens (tertiary/aromatic N) is 4. The molecule has 1 aromatic carbocycles. The summed E-state index contributed by atoms with van der Waals surface area (Å²) in [6.45, 7) is 4.49. The maximum Gasteiger partial charge on any atom is 0.225 e. The molecule has 2 fully saturated rings. The highest BCUT2D eigenvalue weighted by Gasteiger charge is 2.28. The van der Waals surface area contributed by atoms with Gasteiger partial charge < -0.3 is 15.1 Å². The lowest BCUT2D eigenvalue weighted by Crippen LogP contribution is -2.42. The van der Waals surface area contributed by atoms with Crippen LogP contribution in [0.3, 0.4) is 0 Å². The van der Waals surface area contributed by atoms with Gasteiger partial charge in [0.2, 0.25) is 11.9 Å². The van der Waals surface area contributed by atoms with Crippen molar-refractivity contribution >= 4 is 33.5 Å². The van der Waals surface area contributed by atoms with E-state index in [4.69, 9.17) is 0 Å². The monoisotopic (exact) mass is 443 g/mol. The average Bonchev–Trinajstić information content (AvgIpc) is 3.22. The van der Waals surface area contributed by atoms with Crippen molar-refractivity contribution in [2.75, 3.05) is 42.5 Å². The molecule has 6 nitrogen and oxygen atoms in total. The molecule has 1 unspecified atom stereocenters. The SMILES string of the molecule is O=C(NCC1CCN(c2cccc(Br)c2)C1)C1CCN(c2ncccn2)CC1. The van der Waals surface area contributed by atoms with Gasteiger partial charge in [0, 0.05) is 61.2 Å². The molecule has 1 N–H and O–H groups in total. The van der Waals surface area contributed by atoms with Crippen LogP contribution in [-0.4, -0.2) is 48.6 Å². The van der Waals surface area contributed by atoms with Crippen LogP contribution in [0.25, 0.3) is 0 Å². The number of nitrogens with one attached hydrogen (secondary N) is 1. The van der Waals surface area contributed by atoms with E-state index in [-0.39, 0.29) is 11.8 Å². The molecular formula is C21H26BrN5O. The highest BCUT2D eigenvalue weighted by molar-refractivity contribution is 9.10. The molecule has 28 heavy (non-hydrogen) atoms. The van der Waals surface area contributed by atoms with Gasteiger partial charge in [0.05, 0.1) is 0 Å². The molecule has 0 aliphatic carbocycles. The number of hydrogen-bond acceptors (Lipinski definition) is 5. The molecule has 0 bridgehead atoms. The molecule has 0 spiro atoms. The number of halogens is 1. The zero-order valence-corrected chi connectivity index (χ0v) is 17.5. The Morgan fingerprint density at radius 2 is 1.82 bits per heavy atom. The quantitative estimate of drug-likeness (QED) is 0.768. The largest absolute Gasteiger partial charge is 0.371 e. The van der Waals surface area contributed by atoms with E-state index in [2.05, 4.69) is 59.2 Å². The van der Waals surface area contributed by atoms with Gasteiger partial charge in [0.25, 0.3) is 0 Å². The van der Waals surface area contributed by atoms with E-state index in [0.717, 1.165) is 62.4 Å². The summed E-state index contributed by atoms with van der Waals surface area (Å²) < 4.78 is 1.11. The fraction of sp³-hybridized carbons (Fsp3) is 0.476. The predicted molar refractivity (Wildman–Crippen MR) is 114 cm³/mol. The number of aromatic nitrogens is 2. The minimum Gasteiger partial charge on any atom is -0.371 e. The Kier molecular flexibility index (Phi) is 6.10. The van der Waals surface area contributed by atoms with E-state index in [9.17, 15) is 4.79 Å². The van der Waals surface area contributed by atoms with Crippen LogP contribution in [0.2, 0.25) is 0 Å². The Labute approximate surface area is 174 Å². The minimum absolute atomic E-state index is 0.0996. The summed E-state index contributed by atoms with van der Waals surface area (Å²) in [5.74, 6) is 1.58. The predicted octanol–water partition coefficient (Wildman–Crippen LogP) is 3.10. The summed E-state index contributed by atoms with van der Waals surface area (Å²) in [5.41, 5.74) is 1.25. The van der Waals surface area contributed by atoms with Gasteiger partial charge in [-0.3, -0.25) is 4.79 Å². The molecule has 1 aromatic heterocycles. The molecule has 2 aliphatic heterocycles. The highest BCUT2D eigenvalue weighted by atomic mass is 79.9. The molecule has 2 aliphatic rings. The fourth-order valence-electron chi connectivity index (χ4n) is 4.09. The number of benzene rings is 1. The smallest absolute Gasteiger partial charge is 0.225 e. The summed E-state index contributed by atoms with van der Waals surface area (Å²) >= 11 is 3.54. The number of carbonyl (C=O) groups is 1. The van der Waals surface area contributed by atoms with E-state index < -0.39 is 0 Å². The molecule has 7 heteroatoms. The lowest BCUT2D eigenvalue weighted by Gasteiger charge is -2.31. The lowest BCUT2D eigenvalue weighted by atomic mass is 9.96. The van der Waals surface area contributed by atoms with Crippen molar-refractivity contribution in [3.05, 3.63) is 47.2 Å². The lowest BCUT2D eigenvalue weighted by molar-refractivity contribution is -0.125. The van der Waals surface area contributed by atoms with E-state index in [1.54, 1.807) is 12.4 Å². The van der Waals surface area contributed by atoms with Crippen molar-refractivity contribution < 1.29 is 4.79 Å². The zero-order valence-electron chi connectivity index (χ0n) is 15.9. The van der Waals surface area contributed by atoms with Crippen LogP contribution in [0, 0.1) is 11.8 Å². The second-order valence-electron chi connectivity index (χ2n) is 7.64. The summed E-state index contributed by atoms with van der Waals surface area (Å²) in [6, 6.07) is 10.2. The van der Waals surface area contributed by atoms with E-state index in [0.29, 0.717) is 5.92 Å². The first-order chi connectivity index (χ1) is 13.7. The first-order valence-electron chi connectivity index (χ1n) is 9.99. The van der Waals surface area contributed by atoms with Crippen LogP contribution in [-0.2, 0) is 4.79 Å². The van der Waals surface area contributed by atoms with Crippen LogP contribution < -0.4 is 15.1 Å². The molecule has 148 valence electrons. The zero-order chi connectivity index (χ0) is 19.3. The van der Waals surface area contributed by atoms with Crippen LogP contribution in [0.4, 0.5) is 11.6 Å². The van der Waals surface area contributed by atoms with Crippen molar-refractivity contribution in [1.29, 1.82) is 0 Å². The third-order valence-electron chi connectivity index (χ3n) is 5.72. The molecule has 1 amide bonds. The number of carbonyl (C=O) groups excluding carboxylic acids is 1. The van der Waals surface area contributed by atoms with Gasteiger partial charge in [-0.15, -0.1) is 0 Å². The number of amides is 1. The third-order valence-corrected chi connectivity index (χ3v) is 6.22. The van der Waals surface area contributed by atoms with Crippen LogP contribution >= 0.6 is 15.9 Å². The topological polar surface area (TPSA) is 61.4 Å². The van der Waals surface area contributed by atoms with Crippen molar-refractivity contribution in [1.82, 2.24) is 15.3 Å². The van der Waals surface area contributed by atoms with Gasteiger partial charge >= 0.3 is 0 Å². The molecule has 2 aromatic rings. The summed E-state index contributed by atoms with van der Waals surface area (Å²) in [6.07, 6.45) is 6.37. The Hall–Kier alpha value is -2.15. The van der Waals surface area contributed by atoms with Crippen molar-refractivity contribution in [2.45, 2.75) is 19.3 Å². The number of rotatable bonds is 5. The summed E-state index contributed by atoms with van der Waals surface area (Å²) in [7, 11) is 0. The number of hydrogen-bond donors (Lipinski definition) is 1. The molecule has 0 saturated carbocycles. The first kappa shape index (κ1) is 19.2. The van der Waals surface area contributed by atoms with E-state index in [1.165, 1.54) is 5.69 Å². The second kappa shape index (κ2) is 8.90. The average molecular weight is 444 g/mol. The van der Waals surface area contributed by atoms with Crippen LogP contribution in [0.15, 0.2) is 47.2 Å². The summed E-state index contributed by atoms with van der Waals surface area (Å²) in [5, 5.41) is 3.21. The Morgan fingerprint density at radius 1 is 1.07 bits per heavy atom. The van der Waals surface area contributed by atoms with E-state index in [1.807, 2.05) is 12.1 Å². The Balaban J connectivity index is 1.21. The van der Waals surface area contributed by atoms with Gasteiger partial charge in [0.15, 0.2) is 0 Å². The standard InChI is InChI=1S/C21H26BrN5O/c22-18-3-1-4-19(13-18)27-10-5-16(15-27)14-25-20(28)17-6-11-26(12-7-17)21-23-8-2-9-24-21/h1-4,8-9,13,16-17H,5-7,10-12,14-15H2,(H,25,28). The van der Waals surface area contributed by atoms with Gasteiger partial charge in [-0.05, 0) is 49.4 Å². The number of piperidine rings is 1. The molecule has 4 rings (SSSR count). The first-order valence-corrected chi connectivity index (χ1v) is 10.8. The normalized spacial score (nSPS) is 20.4. The minimum atomic E-state index is 0.0996. The maximum absolute atomic E-state index is 12.6. The van der Waals surface area contributed by atoms with Gasteiger partial charge in [-0.1, -0.05) is 22.0 Å². The van der Waals surface area contributed by atoms with Crippen LogP contribution in [0.5, 0.6) is 0 Å². The van der Waals surface area contributed by atoms with Crippen molar-refractivity contribution in [2.24, 2.45) is 11.8 Å². The van der Waals surface area contributed by atoms with Gasteiger partial charge in [-0.2, -0.15) is 0 Å². The summed E-state index contributed by atoms with van der Waals surface area (Å²) in [4.78, 5) is 25.8. The molecule has 2 saturated heterocycles. The second-order valence-corrected chi connectivity index (χ2v) is 8.55.